The lowest BCUT2D eigenvalue weighted by Crippen LogP contribution is -2.37. The number of hydrogen-bond acceptors (Lipinski definition) is 3. The quantitative estimate of drug-likeness (QED) is 0.544. The molecule has 8 heteroatoms. The third-order valence-electron chi connectivity index (χ3n) is 5.62. The lowest BCUT2D eigenvalue weighted by Gasteiger charge is -2.22. The Morgan fingerprint density at radius 3 is 2.22 bits per heavy atom. The predicted molar refractivity (Wildman–Crippen MR) is 119 cm³/mol. The fraction of sp³-hybridized carbons (Fsp3) is 0.375. The second-order valence-corrected chi connectivity index (χ2v) is 8.25. The summed E-state index contributed by atoms with van der Waals surface area (Å²) >= 11 is 0. The number of halogens is 3. The molecule has 170 valence electrons. The molecule has 32 heavy (non-hydrogen) atoms. The normalized spacial score (nSPS) is 12.9. The van der Waals surface area contributed by atoms with E-state index in [-0.39, 0.29) is 17.5 Å². The van der Waals surface area contributed by atoms with E-state index in [9.17, 15) is 22.8 Å². The van der Waals surface area contributed by atoms with Crippen LogP contribution >= 0.6 is 0 Å². The number of aryl methyl sites for hydroxylation is 2. The Morgan fingerprint density at radius 2 is 1.69 bits per heavy atom. The second kappa shape index (κ2) is 8.76. The summed E-state index contributed by atoms with van der Waals surface area (Å²) in [5.74, 6) is -0.247. The summed E-state index contributed by atoms with van der Waals surface area (Å²) in [5.41, 5.74) is 0.485. The Morgan fingerprint density at radius 1 is 1.09 bits per heavy atom. The standard InChI is InChI=1S/C24H26F3N3O2/c1-6-19(22(31)28-17-9-7-16(8-10-17)13(2)3)30-20-12-15(5)14(4)11-18(20)29-21(23(30)32)24(25,26)27/h7-13,19H,6H2,1-5H3,(H,28,31)/t19-/m1/s1. The molecular formula is C24H26F3N3O2. The summed E-state index contributed by atoms with van der Waals surface area (Å²) in [6.45, 7) is 9.29. The van der Waals surface area contributed by atoms with Crippen LogP contribution in [0.5, 0.6) is 0 Å². The number of amides is 1. The Bertz CT molecular complexity index is 1210. The highest BCUT2D eigenvalue weighted by Gasteiger charge is 2.38. The third kappa shape index (κ3) is 4.54. The van der Waals surface area contributed by atoms with Crippen LogP contribution in [-0.2, 0) is 11.0 Å². The zero-order valence-corrected chi connectivity index (χ0v) is 18.7. The van der Waals surface area contributed by atoms with Gasteiger partial charge in [0.1, 0.15) is 6.04 Å². The monoisotopic (exact) mass is 445 g/mol. The second-order valence-electron chi connectivity index (χ2n) is 8.25. The zero-order chi connectivity index (χ0) is 23.8. The molecule has 1 aromatic heterocycles. The van der Waals surface area contributed by atoms with Gasteiger partial charge in [0.15, 0.2) is 0 Å². The van der Waals surface area contributed by atoms with E-state index < -0.39 is 29.4 Å². The van der Waals surface area contributed by atoms with Crippen molar-refractivity contribution in [3.8, 4) is 0 Å². The Labute approximate surface area is 184 Å². The van der Waals surface area contributed by atoms with Crippen LogP contribution in [0, 0.1) is 13.8 Å². The Balaban J connectivity index is 2.14. The van der Waals surface area contributed by atoms with E-state index in [4.69, 9.17) is 0 Å². The first-order chi connectivity index (χ1) is 14.9. The van der Waals surface area contributed by atoms with Crippen molar-refractivity contribution >= 4 is 22.6 Å². The number of aromatic nitrogens is 2. The Kier molecular flexibility index (Phi) is 6.44. The van der Waals surface area contributed by atoms with E-state index in [1.807, 2.05) is 26.0 Å². The SMILES string of the molecule is CC[C@H](C(=O)Nc1ccc(C(C)C)cc1)n1c(=O)c(C(F)(F)F)nc2cc(C)c(C)cc21. The van der Waals surface area contributed by atoms with E-state index in [2.05, 4.69) is 10.3 Å². The highest BCUT2D eigenvalue weighted by atomic mass is 19.4. The van der Waals surface area contributed by atoms with Gasteiger partial charge in [0.25, 0.3) is 5.56 Å². The lowest BCUT2D eigenvalue weighted by molar-refractivity contribution is -0.142. The number of nitrogens with zero attached hydrogens (tertiary/aromatic N) is 2. The first-order valence-electron chi connectivity index (χ1n) is 10.5. The number of anilines is 1. The van der Waals surface area contributed by atoms with Crippen molar-refractivity contribution in [1.29, 1.82) is 0 Å². The maximum absolute atomic E-state index is 13.6. The van der Waals surface area contributed by atoms with Gasteiger partial charge in [-0.3, -0.25) is 14.2 Å². The van der Waals surface area contributed by atoms with Gasteiger partial charge in [-0.1, -0.05) is 32.9 Å². The van der Waals surface area contributed by atoms with Gasteiger partial charge in [-0.2, -0.15) is 13.2 Å². The molecule has 0 fully saturated rings. The zero-order valence-electron chi connectivity index (χ0n) is 18.7. The van der Waals surface area contributed by atoms with Crippen LogP contribution in [-0.4, -0.2) is 15.5 Å². The van der Waals surface area contributed by atoms with Crippen molar-refractivity contribution in [2.24, 2.45) is 0 Å². The molecule has 2 aromatic carbocycles. The lowest BCUT2D eigenvalue weighted by atomic mass is 10.0. The van der Waals surface area contributed by atoms with Gasteiger partial charge >= 0.3 is 6.18 Å². The van der Waals surface area contributed by atoms with E-state index in [1.165, 1.54) is 6.07 Å². The van der Waals surface area contributed by atoms with Gasteiger partial charge in [-0.15, -0.1) is 0 Å². The summed E-state index contributed by atoms with van der Waals surface area (Å²) in [7, 11) is 0. The van der Waals surface area contributed by atoms with Gasteiger partial charge in [-0.05, 0) is 67.1 Å². The first kappa shape index (κ1) is 23.5. The number of carbonyl (C=O) groups is 1. The van der Waals surface area contributed by atoms with Crippen LogP contribution in [0.15, 0.2) is 41.2 Å². The van der Waals surface area contributed by atoms with Crippen LogP contribution in [0.3, 0.4) is 0 Å². The summed E-state index contributed by atoms with van der Waals surface area (Å²) in [4.78, 5) is 29.6. The summed E-state index contributed by atoms with van der Waals surface area (Å²) in [6.07, 6.45) is -4.81. The largest absolute Gasteiger partial charge is 0.438 e. The van der Waals surface area contributed by atoms with E-state index in [0.29, 0.717) is 11.6 Å². The Hall–Kier alpha value is -3.16. The van der Waals surface area contributed by atoms with Gasteiger partial charge < -0.3 is 5.32 Å². The molecule has 1 N–H and O–H groups in total. The van der Waals surface area contributed by atoms with E-state index >= 15 is 0 Å². The maximum Gasteiger partial charge on any atom is 0.438 e. The fourth-order valence-corrected chi connectivity index (χ4v) is 3.62. The summed E-state index contributed by atoms with van der Waals surface area (Å²) < 4.78 is 41.7. The molecule has 0 bridgehead atoms. The minimum Gasteiger partial charge on any atom is -0.324 e. The average Bonchev–Trinajstić information content (AvgIpc) is 2.71. The molecule has 1 heterocycles. The minimum atomic E-state index is -4.94. The van der Waals surface area contributed by atoms with Crippen molar-refractivity contribution in [2.75, 3.05) is 5.32 Å². The molecule has 1 amide bonds. The number of carbonyl (C=O) groups excluding carboxylic acids is 1. The average molecular weight is 445 g/mol. The fourth-order valence-electron chi connectivity index (χ4n) is 3.62. The van der Waals surface area contributed by atoms with Crippen molar-refractivity contribution in [3.63, 3.8) is 0 Å². The van der Waals surface area contributed by atoms with Gasteiger partial charge in [0, 0.05) is 5.69 Å². The van der Waals surface area contributed by atoms with Gasteiger partial charge in [0.05, 0.1) is 11.0 Å². The van der Waals surface area contributed by atoms with Crippen LogP contribution in [0.2, 0.25) is 0 Å². The predicted octanol–water partition coefficient (Wildman–Crippen LogP) is 5.75. The molecule has 0 unspecified atom stereocenters. The molecular weight excluding hydrogens is 419 g/mol. The van der Waals surface area contributed by atoms with E-state index in [1.54, 1.807) is 39.0 Å². The molecule has 0 saturated heterocycles. The van der Waals surface area contributed by atoms with E-state index in [0.717, 1.165) is 21.3 Å². The minimum absolute atomic E-state index is 0.0209. The molecule has 1 atom stereocenters. The molecule has 0 radical (unpaired) electrons. The van der Waals surface area contributed by atoms with Crippen LogP contribution in [0.25, 0.3) is 11.0 Å². The number of nitrogens with one attached hydrogen (secondary N) is 1. The third-order valence-corrected chi connectivity index (χ3v) is 5.62. The number of rotatable bonds is 5. The first-order valence-corrected chi connectivity index (χ1v) is 10.5. The molecule has 0 spiro atoms. The molecule has 3 rings (SSSR count). The highest BCUT2D eigenvalue weighted by Crippen LogP contribution is 2.29. The van der Waals surface area contributed by atoms with Crippen LogP contribution in [0.1, 0.15) is 61.5 Å². The van der Waals surface area contributed by atoms with Crippen molar-refractivity contribution in [1.82, 2.24) is 9.55 Å². The number of alkyl halides is 3. The summed E-state index contributed by atoms with van der Waals surface area (Å²) in [6, 6.07) is 9.20. The van der Waals surface area contributed by atoms with Crippen molar-refractivity contribution < 1.29 is 18.0 Å². The van der Waals surface area contributed by atoms with Crippen LogP contribution < -0.4 is 10.9 Å². The number of fused-ring (bicyclic) bond motifs is 1. The molecule has 5 nitrogen and oxygen atoms in total. The molecule has 0 aliphatic carbocycles. The molecule has 0 saturated carbocycles. The maximum atomic E-state index is 13.6. The van der Waals surface area contributed by atoms with Crippen molar-refractivity contribution in [3.05, 3.63) is 69.1 Å². The van der Waals surface area contributed by atoms with Gasteiger partial charge in [-0.25, -0.2) is 4.98 Å². The number of benzene rings is 2. The molecule has 3 aromatic rings. The highest BCUT2D eigenvalue weighted by molar-refractivity contribution is 5.94. The smallest absolute Gasteiger partial charge is 0.324 e. The molecule has 0 aliphatic heterocycles. The molecule has 0 aliphatic rings. The van der Waals surface area contributed by atoms with Gasteiger partial charge in [0.2, 0.25) is 11.6 Å². The number of hydrogen-bond donors (Lipinski definition) is 1. The van der Waals surface area contributed by atoms with Crippen molar-refractivity contribution in [2.45, 2.75) is 59.2 Å². The van der Waals surface area contributed by atoms with Crippen LogP contribution in [0.4, 0.5) is 18.9 Å². The summed E-state index contributed by atoms with van der Waals surface area (Å²) in [5, 5.41) is 2.73. The topological polar surface area (TPSA) is 64.0 Å².